The Morgan fingerprint density at radius 1 is 1.21 bits per heavy atom. The topological polar surface area (TPSA) is 140 Å². The summed E-state index contributed by atoms with van der Waals surface area (Å²) in [5.41, 5.74) is 6.21. The molecule has 2 heterocycles. The van der Waals surface area contributed by atoms with Crippen molar-refractivity contribution in [2.45, 2.75) is 37.8 Å². The summed E-state index contributed by atoms with van der Waals surface area (Å²) in [6.07, 6.45) is 0.898. The molecular weight excluding hydrogens is 504 g/mol. The highest BCUT2D eigenvalue weighted by Crippen LogP contribution is 2.48. The molecule has 34 heavy (non-hydrogen) atoms. The highest BCUT2D eigenvalue weighted by atomic mass is 79.9. The quantitative estimate of drug-likeness (QED) is 0.407. The van der Waals surface area contributed by atoms with Crippen LogP contribution in [-0.4, -0.2) is 36.3 Å². The second kappa shape index (κ2) is 9.55. The minimum absolute atomic E-state index is 0.143. The number of nitrogens with two attached hydrogens (primary N) is 1. The molecule has 0 bridgehead atoms. The van der Waals surface area contributed by atoms with Crippen molar-refractivity contribution in [1.29, 1.82) is 0 Å². The first-order chi connectivity index (χ1) is 16.2. The van der Waals surface area contributed by atoms with Gasteiger partial charge < -0.3 is 21.1 Å². The predicted molar refractivity (Wildman–Crippen MR) is 129 cm³/mol. The standard InChI is InChI=1S/C24H25BrN4O5/c1-2-34-22(32)13-3-6-15(7-4-13)27-21(31)18-12-16(8-10-20(26)30)29-24(18)17-11-14(25)5-9-19(17)28-23(24)33/h3-7,9,11,16,18,29H,2,8,10,12H2,1H3,(H2,26,30)(H,27,31)(H,28,33)/t16-,18-,24+/m0/s1. The summed E-state index contributed by atoms with van der Waals surface area (Å²) in [6, 6.07) is 11.5. The second-order valence-corrected chi connectivity index (χ2v) is 9.29. The van der Waals surface area contributed by atoms with Crippen molar-refractivity contribution < 1.29 is 23.9 Å². The molecule has 2 aliphatic heterocycles. The third-order valence-electron chi connectivity index (χ3n) is 6.21. The zero-order valence-corrected chi connectivity index (χ0v) is 20.1. The van der Waals surface area contributed by atoms with Crippen LogP contribution in [0.3, 0.4) is 0 Å². The normalized spacial score (nSPS) is 22.8. The van der Waals surface area contributed by atoms with Gasteiger partial charge in [-0.3, -0.25) is 19.7 Å². The van der Waals surface area contributed by atoms with E-state index in [-0.39, 0.29) is 30.9 Å². The second-order valence-electron chi connectivity index (χ2n) is 8.37. The van der Waals surface area contributed by atoms with Crippen LogP contribution in [0.2, 0.25) is 0 Å². The fraction of sp³-hybridized carbons (Fsp3) is 0.333. The molecule has 2 aliphatic rings. The molecule has 0 radical (unpaired) electrons. The molecule has 9 nitrogen and oxygen atoms in total. The predicted octanol–water partition coefficient (Wildman–Crippen LogP) is 2.66. The number of halogens is 1. The van der Waals surface area contributed by atoms with Crippen LogP contribution in [-0.2, 0) is 24.7 Å². The van der Waals surface area contributed by atoms with Crippen LogP contribution in [0.15, 0.2) is 46.9 Å². The number of anilines is 2. The molecule has 5 N–H and O–H groups in total. The SMILES string of the molecule is CCOC(=O)c1ccc(NC(=O)[C@@H]2C[C@H](CCC(N)=O)N[C@@]23C(=O)Nc2ccc(Br)cc23)cc1. The number of carbonyl (C=O) groups excluding carboxylic acids is 4. The number of primary amides is 1. The monoisotopic (exact) mass is 528 g/mol. The van der Waals surface area contributed by atoms with E-state index in [1.807, 2.05) is 12.1 Å². The lowest BCUT2D eigenvalue weighted by atomic mass is 9.79. The van der Waals surface area contributed by atoms with Gasteiger partial charge in [0.2, 0.25) is 17.7 Å². The van der Waals surface area contributed by atoms with Gasteiger partial charge in [-0.2, -0.15) is 0 Å². The Kier molecular flexibility index (Phi) is 6.72. The molecule has 3 atom stereocenters. The summed E-state index contributed by atoms with van der Waals surface area (Å²) >= 11 is 3.45. The number of ether oxygens (including phenoxy) is 1. The van der Waals surface area contributed by atoms with Crippen molar-refractivity contribution >= 4 is 51.0 Å². The van der Waals surface area contributed by atoms with Crippen LogP contribution >= 0.6 is 15.9 Å². The van der Waals surface area contributed by atoms with Crippen LogP contribution in [0.4, 0.5) is 11.4 Å². The molecule has 0 aliphatic carbocycles. The van der Waals surface area contributed by atoms with Gasteiger partial charge in [0, 0.05) is 33.9 Å². The molecule has 4 rings (SSSR count). The van der Waals surface area contributed by atoms with Crippen molar-refractivity contribution in [3.8, 4) is 0 Å². The van der Waals surface area contributed by atoms with Gasteiger partial charge in [-0.1, -0.05) is 15.9 Å². The van der Waals surface area contributed by atoms with Crippen molar-refractivity contribution in [1.82, 2.24) is 5.32 Å². The van der Waals surface area contributed by atoms with Crippen LogP contribution in [0.1, 0.15) is 42.1 Å². The third kappa shape index (κ3) is 4.43. The number of hydrogen-bond acceptors (Lipinski definition) is 6. The van der Waals surface area contributed by atoms with E-state index >= 15 is 0 Å². The molecule has 178 valence electrons. The molecule has 1 saturated heterocycles. The molecule has 3 amide bonds. The van der Waals surface area contributed by atoms with Crippen LogP contribution in [0, 0.1) is 5.92 Å². The number of hydrogen-bond donors (Lipinski definition) is 4. The number of carbonyl (C=O) groups is 4. The molecular formula is C24H25BrN4O5. The van der Waals surface area contributed by atoms with E-state index in [9.17, 15) is 19.2 Å². The van der Waals surface area contributed by atoms with Gasteiger partial charge in [0.1, 0.15) is 5.54 Å². The molecule has 0 unspecified atom stereocenters. The summed E-state index contributed by atoms with van der Waals surface area (Å²) in [5.74, 6) is -2.29. The Morgan fingerprint density at radius 2 is 1.94 bits per heavy atom. The largest absolute Gasteiger partial charge is 0.462 e. The van der Waals surface area contributed by atoms with Crippen molar-refractivity contribution in [3.63, 3.8) is 0 Å². The molecule has 0 aromatic heterocycles. The summed E-state index contributed by atoms with van der Waals surface area (Å²) < 4.78 is 5.76. The Balaban J connectivity index is 1.62. The first kappa shape index (κ1) is 23.9. The average molecular weight is 529 g/mol. The number of fused-ring (bicyclic) bond motifs is 2. The van der Waals surface area contributed by atoms with E-state index < -0.39 is 23.3 Å². The number of amides is 3. The third-order valence-corrected chi connectivity index (χ3v) is 6.70. The Hall–Kier alpha value is -3.24. The minimum Gasteiger partial charge on any atom is -0.462 e. The van der Waals surface area contributed by atoms with Gasteiger partial charge in [-0.05, 0) is 62.2 Å². The highest BCUT2D eigenvalue weighted by Gasteiger charge is 2.60. The van der Waals surface area contributed by atoms with E-state index in [4.69, 9.17) is 10.5 Å². The summed E-state index contributed by atoms with van der Waals surface area (Å²) in [4.78, 5) is 50.0. The summed E-state index contributed by atoms with van der Waals surface area (Å²) in [7, 11) is 0. The van der Waals surface area contributed by atoms with Gasteiger partial charge in [-0.25, -0.2) is 4.79 Å². The lowest BCUT2D eigenvalue weighted by Crippen LogP contribution is -2.52. The Morgan fingerprint density at radius 3 is 2.62 bits per heavy atom. The first-order valence-electron chi connectivity index (χ1n) is 11.0. The molecule has 0 saturated carbocycles. The van der Waals surface area contributed by atoms with Crippen LogP contribution < -0.4 is 21.7 Å². The summed E-state index contributed by atoms with van der Waals surface area (Å²) in [6.45, 7) is 2.00. The first-order valence-corrected chi connectivity index (χ1v) is 11.8. The Labute approximate surface area is 204 Å². The van der Waals surface area contributed by atoms with Crippen molar-refractivity contribution in [2.75, 3.05) is 17.2 Å². The fourth-order valence-corrected chi connectivity index (χ4v) is 5.03. The smallest absolute Gasteiger partial charge is 0.338 e. The molecule has 1 spiro atoms. The zero-order valence-electron chi connectivity index (χ0n) is 18.5. The maximum atomic E-state index is 13.5. The zero-order chi connectivity index (χ0) is 24.5. The molecule has 2 aromatic rings. The van der Waals surface area contributed by atoms with E-state index in [1.54, 1.807) is 37.3 Å². The maximum Gasteiger partial charge on any atom is 0.338 e. The van der Waals surface area contributed by atoms with Gasteiger partial charge >= 0.3 is 5.97 Å². The number of benzene rings is 2. The number of esters is 1. The summed E-state index contributed by atoms with van der Waals surface area (Å²) in [5, 5.41) is 9.10. The van der Waals surface area contributed by atoms with Crippen molar-refractivity contribution in [3.05, 3.63) is 58.1 Å². The lowest BCUT2D eigenvalue weighted by molar-refractivity contribution is -0.130. The highest BCUT2D eigenvalue weighted by molar-refractivity contribution is 9.10. The van der Waals surface area contributed by atoms with E-state index in [1.165, 1.54) is 0 Å². The minimum atomic E-state index is -1.28. The number of nitrogens with one attached hydrogen (secondary N) is 3. The molecule has 2 aromatic carbocycles. The number of rotatable bonds is 7. The van der Waals surface area contributed by atoms with Gasteiger partial charge in [0.25, 0.3) is 0 Å². The lowest BCUT2D eigenvalue weighted by Gasteiger charge is -2.29. The van der Waals surface area contributed by atoms with E-state index in [0.717, 1.165) is 4.47 Å². The van der Waals surface area contributed by atoms with Gasteiger partial charge in [0.05, 0.1) is 18.1 Å². The van der Waals surface area contributed by atoms with Gasteiger partial charge in [-0.15, -0.1) is 0 Å². The molecule has 10 heteroatoms. The average Bonchev–Trinajstić information content (AvgIpc) is 3.32. The maximum absolute atomic E-state index is 13.5. The fourth-order valence-electron chi connectivity index (χ4n) is 4.67. The van der Waals surface area contributed by atoms with Crippen LogP contribution in [0.25, 0.3) is 0 Å². The molecule has 1 fully saturated rings. The van der Waals surface area contributed by atoms with E-state index in [0.29, 0.717) is 35.3 Å². The van der Waals surface area contributed by atoms with E-state index in [2.05, 4.69) is 31.9 Å². The Bertz CT molecular complexity index is 1150. The van der Waals surface area contributed by atoms with Crippen molar-refractivity contribution in [2.24, 2.45) is 11.7 Å². The van der Waals surface area contributed by atoms with Gasteiger partial charge in [0.15, 0.2) is 0 Å². The van der Waals surface area contributed by atoms with Crippen LogP contribution in [0.5, 0.6) is 0 Å².